The summed E-state index contributed by atoms with van der Waals surface area (Å²) in [6, 6.07) is 11.1. The van der Waals surface area contributed by atoms with Crippen molar-refractivity contribution in [2.45, 2.75) is 23.7 Å². The first-order valence-corrected chi connectivity index (χ1v) is 9.32. The fourth-order valence-electron chi connectivity index (χ4n) is 2.42. The minimum Gasteiger partial charge on any atom is -0.481 e. The van der Waals surface area contributed by atoms with Gasteiger partial charge in [0.15, 0.2) is 0 Å². The topological polar surface area (TPSA) is 101 Å². The van der Waals surface area contributed by atoms with Crippen LogP contribution in [0, 0.1) is 5.82 Å². The van der Waals surface area contributed by atoms with Gasteiger partial charge in [-0.3, -0.25) is 4.79 Å². The predicted molar refractivity (Wildman–Crippen MR) is 92.8 cm³/mol. The Morgan fingerprint density at radius 3 is 2.27 bits per heavy atom. The number of hydrogen-bond acceptors (Lipinski definition) is 4. The minimum absolute atomic E-state index is 0.0209. The van der Waals surface area contributed by atoms with Crippen molar-refractivity contribution >= 4 is 22.3 Å². The van der Waals surface area contributed by atoms with E-state index in [2.05, 4.69) is 4.72 Å². The number of nitrogens with one attached hydrogen (secondary N) is 1. The van der Waals surface area contributed by atoms with Crippen molar-refractivity contribution in [3.8, 4) is 0 Å². The molecule has 0 aromatic heterocycles. The Kier molecular flexibility index (Phi) is 6.59. The minimum atomic E-state index is -3.72. The Hall–Kier alpha value is -2.58. The molecule has 0 aliphatic carbocycles. The van der Waals surface area contributed by atoms with Crippen molar-refractivity contribution in [2.75, 3.05) is 6.54 Å². The molecule has 0 saturated carbocycles. The largest absolute Gasteiger partial charge is 0.481 e. The quantitative estimate of drug-likeness (QED) is 0.650. The number of hydrogen-bond donors (Lipinski definition) is 2. The molecule has 0 saturated heterocycles. The van der Waals surface area contributed by atoms with Gasteiger partial charge in [0.05, 0.1) is 10.8 Å². The molecule has 0 spiro atoms. The maximum atomic E-state index is 12.9. The standard InChI is InChI=1S/C18H18FNO5S/c19-15-5-7-16(8-6-15)26(24,25)20-11-9-13-1-3-14(4-2-13)17(10-12-21)18(22)23/h1-8,12,17,20H,9-11H2,(H,22,23). The first-order valence-electron chi connectivity index (χ1n) is 7.84. The van der Waals surface area contributed by atoms with Crippen LogP contribution in [0.25, 0.3) is 0 Å². The molecule has 8 heteroatoms. The number of aliphatic carboxylic acids is 1. The van der Waals surface area contributed by atoms with E-state index in [1.54, 1.807) is 24.3 Å². The number of carbonyl (C=O) groups is 2. The molecular weight excluding hydrogens is 361 g/mol. The van der Waals surface area contributed by atoms with E-state index in [0.717, 1.165) is 17.7 Å². The zero-order chi connectivity index (χ0) is 19.2. The Balaban J connectivity index is 1.96. The number of sulfonamides is 1. The number of aldehydes is 1. The van der Waals surface area contributed by atoms with Crippen LogP contribution in [0.5, 0.6) is 0 Å². The molecule has 2 aromatic rings. The van der Waals surface area contributed by atoms with E-state index in [9.17, 15) is 22.4 Å². The molecule has 2 rings (SSSR count). The van der Waals surface area contributed by atoms with Gasteiger partial charge >= 0.3 is 5.97 Å². The average Bonchev–Trinajstić information content (AvgIpc) is 2.60. The van der Waals surface area contributed by atoms with Crippen LogP contribution in [0.15, 0.2) is 53.4 Å². The molecule has 0 amide bonds. The number of benzene rings is 2. The van der Waals surface area contributed by atoms with Crippen LogP contribution >= 0.6 is 0 Å². The maximum absolute atomic E-state index is 12.9. The summed E-state index contributed by atoms with van der Waals surface area (Å²) in [5, 5.41) is 9.12. The molecule has 0 aliphatic rings. The van der Waals surface area contributed by atoms with E-state index in [0.29, 0.717) is 18.3 Å². The Morgan fingerprint density at radius 1 is 1.12 bits per heavy atom. The lowest BCUT2D eigenvalue weighted by Gasteiger charge is -2.11. The third-order valence-corrected chi connectivity index (χ3v) is 5.32. The number of carboxylic acids is 1. The Bertz CT molecular complexity index is 863. The Labute approximate surface area is 150 Å². The second-order valence-electron chi connectivity index (χ2n) is 5.64. The van der Waals surface area contributed by atoms with Crippen molar-refractivity contribution in [3.05, 3.63) is 65.5 Å². The predicted octanol–water partition coefficient (Wildman–Crippen LogP) is 2.10. The number of rotatable bonds is 9. The third-order valence-electron chi connectivity index (χ3n) is 3.84. The molecule has 0 aliphatic heterocycles. The maximum Gasteiger partial charge on any atom is 0.311 e. The summed E-state index contributed by atoms with van der Waals surface area (Å²) in [5.74, 6) is -2.48. The zero-order valence-electron chi connectivity index (χ0n) is 13.8. The molecule has 0 heterocycles. The molecule has 0 radical (unpaired) electrons. The number of carbonyl (C=O) groups excluding carboxylic acids is 1. The first-order chi connectivity index (χ1) is 12.3. The number of carboxylic acid groups (broad SMARTS) is 1. The van der Waals surface area contributed by atoms with Crippen LogP contribution in [-0.4, -0.2) is 32.3 Å². The van der Waals surface area contributed by atoms with E-state index >= 15 is 0 Å². The smallest absolute Gasteiger partial charge is 0.311 e. The lowest BCUT2D eigenvalue weighted by Crippen LogP contribution is -2.26. The van der Waals surface area contributed by atoms with E-state index in [1.807, 2.05) is 0 Å². The van der Waals surface area contributed by atoms with Gasteiger partial charge in [0.1, 0.15) is 12.1 Å². The summed E-state index contributed by atoms with van der Waals surface area (Å²) >= 11 is 0. The van der Waals surface area contributed by atoms with Crippen LogP contribution < -0.4 is 4.72 Å². The summed E-state index contributed by atoms with van der Waals surface area (Å²) in [7, 11) is -3.72. The second-order valence-corrected chi connectivity index (χ2v) is 7.40. The van der Waals surface area contributed by atoms with Crippen LogP contribution in [-0.2, 0) is 26.0 Å². The van der Waals surface area contributed by atoms with Gasteiger partial charge in [0, 0.05) is 13.0 Å². The van der Waals surface area contributed by atoms with Crippen LogP contribution in [0.4, 0.5) is 4.39 Å². The second kappa shape index (κ2) is 8.68. The first kappa shape index (κ1) is 19.7. The summed E-state index contributed by atoms with van der Waals surface area (Å²) < 4.78 is 39.5. The van der Waals surface area contributed by atoms with Crippen molar-refractivity contribution in [1.29, 1.82) is 0 Å². The highest BCUT2D eigenvalue weighted by Gasteiger charge is 2.19. The fraction of sp³-hybridized carbons (Fsp3) is 0.222. The van der Waals surface area contributed by atoms with Gasteiger partial charge in [0.25, 0.3) is 0 Å². The van der Waals surface area contributed by atoms with Gasteiger partial charge < -0.3 is 9.90 Å². The molecule has 1 atom stereocenters. The summed E-state index contributed by atoms with van der Waals surface area (Å²) in [4.78, 5) is 21.7. The van der Waals surface area contributed by atoms with E-state index < -0.39 is 27.7 Å². The molecule has 26 heavy (non-hydrogen) atoms. The highest BCUT2D eigenvalue weighted by atomic mass is 32.2. The van der Waals surface area contributed by atoms with Crippen molar-refractivity contribution in [1.82, 2.24) is 4.72 Å². The van der Waals surface area contributed by atoms with Gasteiger partial charge in [-0.1, -0.05) is 24.3 Å². The molecule has 2 aromatic carbocycles. The van der Waals surface area contributed by atoms with Gasteiger partial charge in [-0.05, 0) is 41.8 Å². The monoisotopic (exact) mass is 379 g/mol. The summed E-state index contributed by atoms with van der Waals surface area (Å²) in [6.45, 7) is 0.135. The van der Waals surface area contributed by atoms with E-state index in [4.69, 9.17) is 5.11 Å². The molecule has 1 unspecified atom stereocenters. The normalized spacial score (nSPS) is 12.5. The Morgan fingerprint density at radius 2 is 1.73 bits per heavy atom. The van der Waals surface area contributed by atoms with Crippen molar-refractivity contribution in [2.24, 2.45) is 0 Å². The van der Waals surface area contributed by atoms with E-state index in [1.165, 1.54) is 12.1 Å². The van der Waals surface area contributed by atoms with Gasteiger partial charge in [-0.15, -0.1) is 0 Å². The fourth-order valence-corrected chi connectivity index (χ4v) is 3.45. The van der Waals surface area contributed by atoms with Crippen LogP contribution in [0.2, 0.25) is 0 Å². The van der Waals surface area contributed by atoms with Gasteiger partial charge in [-0.2, -0.15) is 0 Å². The molecule has 0 bridgehead atoms. The average molecular weight is 379 g/mol. The lowest BCUT2D eigenvalue weighted by molar-refractivity contribution is -0.139. The van der Waals surface area contributed by atoms with Crippen molar-refractivity contribution < 1.29 is 27.5 Å². The highest BCUT2D eigenvalue weighted by molar-refractivity contribution is 7.89. The number of halogens is 1. The molecule has 138 valence electrons. The zero-order valence-corrected chi connectivity index (χ0v) is 14.6. The lowest BCUT2D eigenvalue weighted by atomic mass is 9.95. The SMILES string of the molecule is O=CCC(C(=O)O)c1ccc(CCNS(=O)(=O)c2ccc(F)cc2)cc1. The molecular formula is C18H18FNO5S. The third kappa shape index (κ3) is 5.21. The van der Waals surface area contributed by atoms with Gasteiger partial charge in [-0.25, -0.2) is 17.5 Å². The molecule has 6 nitrogen and oxygen atoms in total. The highest BCUT2D eigenvalue weighted by Crippen LogP contribution is 2.20. The molecule has 2 N–H and O–H groups in total. The van der Waals surface area contributed by atoms with Crippen LogP contribution in [0.3, 0.4) is 0 Å². The summed E-state index contributed by atoms with van der Waals surface area (Å²) in [6.07, 6.45) is 0.856. The van der Waals surface area contributed by atoms with Crippen LogP contribution in [0.1, 0.15) is 23.5 Å². The van der Waals surface area contributed by atoms with Crippen molar-refractivity contribution in [3.63, 3.8) is 0 Å². The summed E-state index contributed by atoms with van der Waals surface area (Å²) in [5.41, 5.74) is 1.33. The molecule has 0 fully saturated rings. The van der Waals surface area contributed by atoms with Gasteiger partial charge in [0.2, 0.25) is 10.0 Å². The van der Waals surface area contributed by atoms with E-state index in [-0.39, 0.29) is 17.9 Å².